The molecule has 0 saturated carbocycles. The molecule has 0 radical (unpaired) electrons. The predicted octanol–water partition coefficient (Wildman–Crippen LogP) is 3.74. The molecule has 0 bridgehead atoms. The minimum atomic E-state index is -5.08. The van der Waals surface area contributed by atoms with Crippen LogP contribution in [0, 0.1) is 5.41 Å². The van der Waals surface area contributed by atoms with E-state index >= 15 is 0 Å². The van der Waals surface area contributed by atoms with Crippen LogP contribution in [-0.2, 0) is 11.3 Å². The van der Waals surface area contributed by atoms with Gasteiger partial charge < -0.3 is 15.3 Å². The Hall–Kier alpha value is -1.88. The molecule has 1 aromatic rings. The summed E-state index contributed by atoms with van der Waals surface area (Å²) < 4.78 is 46.4. The van der Waals surface area contributed by atoms with Crippen molar-refractivity contribution in [1.82, 2.24) is 15.1 Å². The highest BCUT2D eigenvalue weighted by molar-refractivity contribution is 7.07. The number of likely N-dealkylation sites (tertiary alicyclic amines) is 2. The van der Waals surface area contributed by atoms with Gasteiger partial charge in [0.1, 0.15) is 6.17 Å². The number of piperidine rings is 1. The van der Waals surface area contributed by atoms with E-state index < -0.39 is 18.3 Å². The molecule has 0 aromatic carbocycles. The molecule has 30 heavy (non-hydrogen) atoms. The summed E-state index contributed by atoms with van der Waals surface area (Å²) in [5.41, 5.74) is 0.912. The molecular formula is C19H27F4N3O3S. The summed E-state index contributed by atoms with van der Waals surface area (Å²) in [6.45, 7) is 7.50. The first kappa shape index (κ1) is 24.4. The van der Waals surface area contributed by atoms with Crippen molar-refractivity contribution in [1.29, 1.82) is 0 Å². The molecule has 6 nitrogen and oxygen atoms in total. The second-order valence-corrected chi connectivity index (χ2v) is 8.82. The highest BCUT2D eigenvalue weighted by Gasteiger charge is 2.49. The van der Waals surface area contributed by atoms with Crippen LogP contribution in [0.4, 0.5) is 22.4 Å². The van der Waals surface area contributed by atoms with Crippen LogP contribution in [0.1, 0.15) is 32.3 Å². The SMILES string of the molecule is CC(C)NC(=O)N1CCC(F)C2(CCN(Cc3ccsc3)C2)C1.O=C(O)C(F)(F)F. The molecule has 1 aromatic heterocycles. The average molecular weight is 454 g/mol. The zero-order valence-electron chi connectivity index (χ0n) is 16.9. The number of carbonyl (C=O) groups is 2. The molecule has 170 valence electrons. The van der Waals surface area contributed by atoms with Gasteiger partial charge in [-0.05, 0) is 55.6 Å². The lowest BCUT2D eigenvalue weighted by molar-refractivity contribution is -0.192. The van der Waals surface area contributed by atoms with E-state index in [1.165, 1.54) is 5.56 Å². The van der Waals surface area contributed by atoms with Crippen molar-refractivity contribution in [3.05, 3.63) is 22.4 Å². The summed E-state index contributed by atoms with van der Waals surface area (Å²) in [6.07, 6.45) is -4.60. The molecule has 2 amide bonds. The second kappa shape index (κ2) is 9.95. The van der Waals surface area contributed by atoms with Crippen LogP contribution in [0.2, 0.25) is 0 Å². The number of carboxylic acid groups (broad SMARTS) is 1. The third-order valence-electron chi connectivity index (χ3n) is 5.22. The van der Waals surface area contributed by atoms with Crippen molar-refractivity contribution in [3.63, 3.8) is 0 Å². The van der Waals surface area contributed by atoms with Gasteiger partial charge in [0.2, 0.25) is 0 Å². The number of carboxylic acids is 1. The van der Waals surface area contributed by atoms with Crippen LogP contribution in [0.5, 0.6) is 0 Å². The number of amides is 2. The molecule has 2 N–H and O–H groups in total. The number of halogens is 4. The molecule has 1 spiro atoms. The Morgan fingerprint density at radius 1 is 1.33 bits per heavy atom. The Bertz CT molecular complexity index is 714. The Labute approximate surface area is 176 Å². The van der Waals surface area contributed by atoms with Crippen molar-refractivity contribution in [2.75, 3.05) is 26.2 Å². The molecule has 3 rings (SSSR count). The standard InChI is InChI=1S/C17H26FN3OS.C2HF3O2/c1-13(2)19-16(22)21-6-3-15(18)17(12-21)5-7-20(11-17)9-14-4-8-23-10-14;3-2(4,5)1(6)7/h4,8,10,13,15H,3,5-7,9,11-12H2,1-2H3,(H,19,22);(H,6,7). The van der Waals surface area contributed by atoms with Crippen molar-refractivity contribution in [2.24, 2.45) is 5.41 Å². The van der Waals surface area contributed by atoms with Gasteiger partial charge in [-0.3, -0.25) is 4.90 Å². The van der Waals surface area contributed by atoms with Crippen molar-refractivity contribution >= 4 is 23.3 Å². The largest absolute Gasteiger partial charge is 0.490 e. The number of aliphatic carboxylic acids is 1. The number of rotatable bonds is 3. The number of hydrogen-bond donors (Lipinski definition) is 2. The highest BCUT2D eigenvalue weighted by atomic mass is 32.1. The molecule has 2 aliphatic heterocycles. The predicted molar refractivity (Wildman–Crippen MR) is 105 cm³/mol. The maximum atomic E-state index is 14.7. The van der Waals surface area contributed by atoms with Gasteiger partial charge in [0.25, 0.3) is 0 Å². The lowest BCUT2D eigenvalue weighted by Crippen LogP contribution is -2.56. The zero-order chi connectivity index (χ0) is 22.5. The van der Waals surface area contributed by atoms with Crippen LogP contribution < -0.4 is 5.32 Å². The number of alkyl halides is 4. The molecular weight excluding hydrogens is 426 g/mol. The number of nitrogens with zero attached hydrogens (tertiary/aromatic N) is 2. The van der Waals surface area contributed by atoms with Gasteiger partial charge >= 0.3 is 18.2 Å². The van der Waals surface area contributed by atoms with E-state index in [0.29, 0.717) is 19.5 Å². The van der Waals surface area contributed by atoms with E-state index in [0.717, 1.165) is 26.1 Å². The van der Waals surface area contributed by atoms with E-state index in [9.17, 15) is 22.4 Å². The van der Waals surface area contributed by atoms with Gasteiger partial charge in [0.05, 0.1) is 0 Å². The van der Waals surface area contributed by atoms with Crippen LogP contribution >= 0.6 is 11.3 Å². The van der Waals surface area contributed by atoms with E-state index in [1.807, 2.05) is 18.7 Å². The summed E-state index contributed by atoms with van der Waals surface area (Å²) in [7, 11) is 0. The molecule has 3 heterocycles. The fourth-order valence-corrected chi connectivity index (χ4v) is 4.45. The molecule has 2 unspecified atom stereocenters. The Balaban J connectivity index is 0.000000396. The van der Waals surface area contributed by atoms with E-state index in [4.69, 9.17) is 9.90 Å². The van der Waals surface area contributed by atoms with Gasteiger partial charge in [-0.2, -0.15) is 24.5 Å². The topological polar surface area (TPSA) is 72.9 Å². The Morgan fingerprint density at radius 2 is 2.00 bits per heavy atom. The summed E-state index contributed by atoms with van der Waals surface area (Å²) in [4.78, 5) is 25.3. The number of thiophene rings is 1. The van der Waals surface area contributed by atoms with Crippen LogP contribution in [-0.4, -0.2) is 71.5 Å². The number of hydrogen-bond acceptors (Lipinski definition) is 4. The van der Waals surface area contributed by atoms with E-state index in [1.54, 1.807) is 11.3 Å². The Kier molecular flexibility index (Phi) is 8.09. The summed E-state index contributed by atoms with van der Waals surface area (Å²) in [5.74, 6) is -2.76. The summed E-state index contributed by atoms with van der Waals surface area (Å²) in [5, 5.41) is 14.3. The average Bonchev–Trinajstić information content (AvgIpc) is 3.28. The Morgan fingerprint density at radius 3 is 2.53 bits per heavy atom. The summed E-state index contributed by atoms with van der Waals surface area (Å²) in [6, 6.07) is 2.19. The van der Waals surface area contributed by atoms with Crippen molar-refractivity contribution < 1.29 is 32.3 Å². The maximum Gasteiger partial charge on any atom is 0.490 e. The summed E-state index contributed by atoms with van der Waals surface area (Å²) >= 11 is 1.70. The monoisotopic (exact) mass is 453 g/mol. The molecule has 2 fully saturated rings. The lowest BCUT2D eigenvalue weighted by atomic mass is 9.77. The molecule has 0 aliphatic carbocycles. The minimum absolute atomic E-state index is 0.0532. The lowest BCUT2D eigenvalue weighted by Gasteiger charge is -2.43. The van der Waals surface area contributed by atoms with E-state index in [-0.39, 0.29) is 17.5 Å². The molecule has 2 atom stereocenters. The molecule has 2 saturated heterocycles. The van der Waals surface area contributed by atoms with Gasteiger partial charge in [0, 0.05) is 37.6 Å². The zero-order valence-corrected chi connectivity index (χ0v) is 17.7. The fraction of sp³-hybridized carbons (Fsp3) is 0.684. The van der Waals surface area contributed by atoms with Gasteiger partial charge in [-0.15, -0.1) is 0 Å². The molecule has 2 aliphatic rings. The van der Waals surface area contributed by atoms with Crippen LogP contribution in [0.25, 0.3) is 0 Å². The third-order valence-corrected chi connectivity index (χ3v) is 5.95. The second-order valence-electron chi connectivity index (χ2n) is 8.04. The van der Waals surface area contributed by atoms with Gasteiger partial charge in [-0.1, -0.05) is 0 Å². The van der Waals surface area contributed by atoms with Gasteiger partial charge in [0.15, 0.2) is 0 Å². The van der Waals surface area contributed by atoms with E-state index in [2.05, 4.69) is 27.0 Å². The quantitative estimate of drug-likeness (QED) is 0.684. The normalized spacial score (nSPS) is 24.6. The van der Waals surface area contributed by atoms with Crippen molar-refractivity contribution in [2.45, 2.75) is 51.6 Å². The minimum Gasteiger partial charge on any atom is -0.475 e. The van der Waals surface area contributed by atoms with Crippen molar-refractivity contribution in [3.8, 4) is 0 Å². The first-order chi connectivity index (χ1) is 13.9. The molecule has 11 heteroatoms. The highest BCUT2D eigenvalue weighted by Crippen LogP contribution is 2.41. The van der Waals surface area contributed by atoms with Crippen LogP contribution in [0.3, 0.4) is 0 Å². The third kappa shape index (κ3) is 6.56. The van der Waals surface area contributed by atoms with Gasteiger partial charge in [-0.25, -0.2) is 14.0 Å². The smallest absolute Gasteiger partial charge is 0.475 e. The van der Waals surface area contributed by atoms with Crippen LogP contribution in [0.15, 0.2) is 16.8 Å². The first-order valence-electron chi connectivity index (χ1n) is 9.66. The first-order valence-corrected chi connectivity index (χ1v) is 10.6. The number of urea groups is 1. The fourth-order valence-electron chi connectivity index (χ4n) is 3.79. The maximum absolute atomic E-state index is 14.7. The number of carbonyl (C=O) groups excluding carboxylic acids is 1. The number of nitrogens with one attached hydrogen (secondary N) is 1.